The first kappa shape index (κ1) is 12.0. The quantitative estimate of drug-likeness (QED) is 0.467. The Bertz CT molecular complexity index is 404. The van der Waals surface area contributed by atoms with Gasteiger partial charge < -0.3 is 10.8 Å². The van der Waals surface area contributed by atoms with Crippen molar-refractivity contribution >= 4 is 11.8 Å². The Kier molecular flexibility index (Phi) is 3.73. The van der Waals surface area contributed by atoms with E-state index in [0.717, 1.165) is 12.8 Å². The molecular weight excluding hydrogens is 220 g/mol. The van der Waals surface area contributed by atoms with Crippen molar-refractivity contribution < 1.29 is 14.3 Å². The third kappa shape index (κ3) is 2.63. The second-order valence-corrected chi connectivity index (χ2v) is 4.40. The molecule has 0 radical (unpaired) electrons. The molecule has 0 atom stereocenters. The van der Waals surface area contributed by atoms with Crippen molar-refractivity contribution in [3.8, 4) is 0 Å². The molecule has 6 nitrogen and oxygen atoms in total. The van der Waals surface area contributed by atoms with Crippen molar-refractivity contribution in [2.24, 2.45) is 10.7 Å². The van der Waals surface area contributed by atoms with Crippen molar-refractivity contribution in [2.45, 2.75) is 51.6 Å². The maximum atomic E-state index is 11.0. The van der Waals surface area contributed by atoms with Gasteiger partial charge in [0.15, 0.2) is 6.04 Å². The van der Waals surface area contributed by atoms with E-state index in [1.165, 1.54) is 26.2 Å². The van der Waals surface area contributed by atoms with Gasteiger partial charge in [-0.2, -0.15) is 0 Å². The summed E-state index contributed by atoms with van der Waals surface area (Å²) < 4.78 is 6.90. The summed E-state index contributed by atoms with van der Waals surface area (Å²) in [6, 6.07) is 0.335. The summed E-state index contributed by atoms with van der Waals surface area (Å²) in [6.07, 6.45) is 5.85. The highest BCUT2D eigenvalue weighted by molar-refractivity contribution is 5.71. The molecule has 0 saturated heterocycles. The maximum Gasteiger partial charge on any atom is 0.325 e. The lowest BCUT2D eigenvalue weighted by Crippen LogP contribution is -2.46. The highest BCUT2D eigenvalue weighted by atomic mass is 16.5. The van der Waals surface area contributed by atoms with E-state index in [1.54, 1.807) is 4.68 Å². The van der Waals surface area contributed by atoms with Gasteiger partial charge in [-0.1, -0.05) is 6.42 Å². The molecule has 1 saturated carbocycles. The van der Waals surface area contributed by atoms with Gasteiger partial charge in [0, 0.05) is 12.8 Å². The van der Waals surface area contributed by atoms with Crippen LogP contribution in [-0.2, 0) is 6.54 Å². The Balaban J connectivity index is 2.27. The van der Waals surface area contributed by atoms with E-state index in [0.29, 0.717) is 11.7 Å². The van der Waals surface area contributed by atoms with E-state index in [-0.39, 0.29) is 18.3 Å². The van der Waals surface area contributed by atoms with Gasteiger partial charge in [0.1, 0.15) is 0 Å². The molecule has 6 heteroatoms. The van der Waals surface area contributed by atoms with Crippen molar-refractivity contribution in [2.75, 3.05) is 0 Å². The van der Waals surface area contributed by atoms with E-state index < -0.39 is 0 Å². The van der Waals surface area contributed by atoms with E-state index in [4.69, 9.17) is 10.3 Å². The number of nitrogens with zero attached hydrogens (tertiary/aromatic N) is 3. The van der Waals surface area contributed by atoms with Gasteiger partial charge in [-0.25, -0.2) is 4.99 Å². The molecule has 0 unspecified atom stereocenters. The number of nitrogens with two attached hydrogens (primary N) is 1. The molecular formula is C11H18N4O2. The number of hydrogen-bond donors (Lipinski definition) is 1. The molecule has 0 bridgehead atoms. The minimum Gasteiger partial charge on any atom is -0.862 e. The van der Waals surface area contributed by atoms with Crippen molar-refractivity contribution in [1.29, 1.82) is 0 Å². The Hall–Kier alpha value is -1.43. The van der Waals surface area contributed by atoms with Crippen LogP contribution in [0.5, 0.6) is 0 Å². The molecule has 1 aromatic rings. The largest absolute Gasteiger partial charge is 0.862 e. The Morgan fingerprint density at radius 3 is 2.82 bits per heavy atom. The molecule has 0 spiro atoms. The summed E-state index contributed by atoms with van der Waals surface area (Å²) in [5.74, 6) is -0.0442. The van der Waals surface area contributed by atoms with E-state index >= 15 is 0 Å². The molecule has 0 amide bonds. The maximum absolute atomic E-state index is 11.0. The van der Waals surface area contributed by atoms with Gasteiger partial charge in [0.05, 0.1) is 6.54 Å². The van der Waals surface area contributed by atoms with E-state index in [9.17, 15) is 5.11 Å². The van der Waals surface area contributed by atoms with Gasteiger partial charge in [-0.3, -0.25) is 4.52 Å². The van der Waals surface area contributed by atoms with Crippen LogP contribution >= 0.6 is 0 Å². The second kappa shape index (κ2) is 5.27. The summed E-state index contributed by atoms with van der Waals surface area (Å²) in [5.41, 5.74) is 6.40. The van der Waals surface area contributed by atoms with Crippen LogP contribution in [0, 0.1) is 0 Å². The fourth-order valence-corrected chi connectivity index (χ4v) is 2.30. The number of aliphatic imine (C=N–C) groups is 1. The monoisotopic (exact) mass is 238 g/mol. The lowest BCUT2D eigenvalue weighted by molar-refractivity contribution is -0.792. The summed E-state index contributed by atoms with van der Waals surface area (Å²) in [6.45, 7) is 1.67. The summed E-state index contributed by atoms with van der Waals surface area (Å²) in [4.78, 5) is 3.78. The van der Waals surface area contributed by atoms with Crippen molar-refractivity contribution in [1.82, 2.24) is 5.27 Å². The molecule has 1 fully saturated rings. The molecule has 17 heavy (non-hydrogen) atoms. The van der Waals surface area contributed by atoms with Crippen LogP contribution in [0.3, 0.4) is 0 Å². The van der Waals surface area contributed by atoms with Crippen molar-refractivity contribution in [3.05, 3.63) is 5.69 Å². The first-order valence-electron chi connectivity index (χ1n) is 6.05. The van der Waals surface area contributed by atoms with E-state index in [2.05, 4.69) is 10.3 Å². The molecule has 1 aliphatic carbocycles. The predicted octanol–water partition coefficient (Wildman–Crippen LogP) is 0.336. The first-order valence-corrected chi connectivity index (χ1v) is 6.05. The Morgan fingerprint density at radius 1 is 1.53 bits per heavy atom. The van der Waals surface area contributed by atoms with Crippen LogP contribution in [0.1, 0.15) is 50.8 Å². The van der Waals surface area contributed by atoms with Crippen LogP contribution < -0.4 is 15.5 Å². The van der Waals surface area contributed by atoms with Crippen LogP contribution in [-0.4, -0.2) is 11.2 Å². The molecule has 1 heterocycles. The van der Waals surface area contributed by atoms with Crippen LogP contribution in [0.15, 0.2) is 9.52 Å². The number of rotatable bonds is 3. The SMILES string of the molecule is C/C([O-])=N\c1on[n+](C2CCCCC2)c1CN. The van der Waals surface area contributed by atoms with Crippen LogP contribution in [0.4, 0.5) is 5.88 Å². The molecule has 2 rings (SSSR count). The molecule has 2 N–H and O–H groups in total. The van der Waals surface area contributed by atoms with Crippen LogP contribution in [0.2, 0.25) is 0 Å². The predicted molar refractivity (Wildman–Crippen MR) is 59.5 cm³/mol. The third-order valence-electron chi connectivity index (χ3n) is 3.11. The Morgan fingerprint density at radius 2 is 2.24 bits per heavy atom. The fourth-order valence-electron chi connectivity index (χ4n) is 2.30. The molecule has 1 aromatic heterocycles. The van der Waals surface area contributed by atoms with Gasteiger partial charge in [0.25, 0.3) is 5.69 Å². The molecule has 1 aliphatic rings. The van der Waals surface area contributed by atoms with Gasteiger partial charge in [-0.05, 0) is 30.3 Å². The summed E-state index contributed by atoms with van der Waals surface area (Å²) in [5, 5.41) is 14.9. The molecule has 0 aliphatic heterocycles. The Labute approximate surface area is 100 Å². The zero-order valence-corrected chi connectivity index (χ0v) is 10.1. The van der Waals surface area contributed by atoms with Gasteiger partial charge in [-0.15, -0.1) is 0 Å². The number of aromatic nitrogens is 2. The van der Waals surface area contributed by atoms with Crippen molar-refractivity contribution in [3.63, 3.8) is 0 Å². The molecule has 94 valence electrons. The first-order chi connectivity index (χ1) is 8.22. The summed E-state index contributed by atoms with van der Waals surface area (Å²) in [7, 11) is 0. The number of hydrogen-bond acceptors (Lipinski definition) is 5. The molecule has 0 aromatic carbocycles. The summed E-state index contributed by atoms with van der Waals surface area (Å²) >= 11 is 0. The highest BCUT2D eigenvalue weighted by Gasteiger charge is 2.31. The fraction of sp³-hybridized carbons (Fsp3) is 0.727. The smallest absolute Gasteiger partial charge is 0.325 e. The topological polar surface area (TPSA) is 91.3 Å². The lowest BCUT2D eigenvalue weighted by atomic mass is 9.95. The zero-order chi connectivity index (χ0) is 12.3. The minimum atomic E-state index is -0.299. The van der Waals surface area contributed by atoms with E-state index in [1.807, 2.05) is 0 Å². The highest BCUT2D eigenvalue weighted by Crippen LogP contribution is 2.25. The minimum absolute atomic E-state index is 0.255. The average molecular weight is 238 g/mol. The standard InChI is InChI=1S/C11H18N4O2/c1-8(16)13-11-10(7-12)15(14-17-11)9-5-3-2-4-6-9/h9H,2-7,12H2,1H3. The third-order valence-corrected chi connectivity index (χ3v) is 3.11. The van der Waals surface area contributed by atoms with Crippen LogP contribution in [0.25, 0.3) is 0 Å². The normalized spacial score (nSPS) is 18.6. The van der Waals surface area contributed by atoms with Gasteiger partial charge >= 0.3 is 5.88 Å². The van der Waals surface area contributed by atoms with Gasteiger partial charge in [0.2, 0.25) is 5.27 Å². The average Bonchev–Trinajstić information content (AvgIpc) is 2.72. The zero-order valence-electron chi connectivity index (χ0n) is 10.1. The lowest BCUT2D eigenvalue weighted by Gasteiger charge is -2.14. The second-order valence-electron chi connectivity index (χ2n) is 4.40.